The number of nitrogens with zero attached hydrogens (tertiary/aromatic N) is 2. The second-order valence-corrected chi connectivity index (χ2v) is 11.2. The third-order valence-corrected chi connectivity index (χ3v) is 8.81. The molecule has 4 aliphatic rings. The highest BCUT2D eigenvalue weighted by atomic mass is 16.5. The maximum Gasteiger partial charge on any atom is 0.261 e. The lowest BCUT2D eigenvalue weighted by Crippen LogP contribution is -2.59. The molecule has 1 aliphatic carbocycles. The van der Waals surface area contributed by atoms with Crippen LogP contribution in [0.25, 0.3) is 0 Å². The Morgan fingerprint density at radius 1 is 0.886 bits per heavy atom. The molecule has 0 bridgehead atoms. The van der Waals surface area contributed by atoms with E-state index in [0.717, 1.165) is 25.8 Å². The highest BCUT2D eigenvalue weighted by Crippen LogP contribution is 2.40. The van der Waals surface area contributed by atoms with Gasteiger partial charge < -0.3 is 9.64 Å². The summed E-state index contributed by atoms with van der Waals surface area (Å²) >= 11 is 0. The summed E-state index contributed by atoms with van der Waals surface area (Å²) in [6.45, 7) is 5.95. The predicted molar refractivity (Wildman–Crippen MR) is 137 cm³/mol. The summed E-state index contributed by atoms with van der Waals surface area (Å²) in [4.78, 5) is 29.4. The van der Waals surface area contributed by atoms with Gasteiger partial charge in [-0.15, -0.1) is 0 Å². The maximum atomic E-state index is 12.6. The Kier molecular flexibility index (Phi) is 8.21. The number of hydrogen-bond donors (Lipinski definition) is 1. The van der Waals surface area contributed by atoms with E-state index in [-0.39, 0.29) is 17.5 Å². The zero-order valence-corrected chi connectivity index (χ0v) is 21.3. The van der Waals surface area contributed by atoms with Crippen LogP contribution in [0.5, 0.6) is 0 Å². The molecule has 3 fully saturated rings. The van der Waals surface area contributed by atoms with Gasteiger partial charge in [0.05, 0.1) is 11.1 Å². The summed E-state index contributed by atoms with van der Waals surface area (Å²) in [5.41, 5.74) is 0.876. The zero-order chi connectivity index (χ0) is 24.1. The van der Waals surface area contributed by atoms with E-state index in [1.165, 1.54) is 82.3 Å². The van der Waals surface area contributed by atoms with Gasteiger partial charge in [-0.05, 0) is 89.1 Å². The molecule has 1 N–H and O–H groups in total. The highest BCUT2D eigenvalue weighted by molar-refractivity contribution is 6.21. The molecule has 2 unspecified atom stereocenters. The van der Waals surface area contributed by atoms with Crippen LogP contribution in [0.1, 0.15) is 97.8 Å². The summed E-state index contributed by atoms with van der Waals surface area (Å²) in [6, 6.07) is 7.15. The molecular formula is C29H43N3O3. The number of amides is 2. The fourth-order valence-electron chi connectivity index (χ4n) is 6.93. The lowest BCUT2D eigenvalue weighted by Gasteiger charge is -2.49. The van der Waals surface area contributed by atoms with Gasteiger partial charge in [0.1, 0.15) is 5.72 Å². The van der Waals surface area contributed by atoms with Crippen LogP contribution in [0.4, 0.5) is 0 Å². The number of rotatable bonds is 9. The second kappa shape index (κ2) is 11.5. The topological polar surface area (TPSA) is 61.9 Å². The molecule has 2 atom stereocenters. The largest absolute Gasteiger partial charge is 0.360 e. The molecule has 192 valence electrons. The number of ether oxygens (including phenoxy) is 1. The van der Waals surface area contributed by atoms with E-state index in [9.17, 15) is 9.59 Å². The van der Waals surface area contributed by atoms with E-state index in [4.69, 9.17) is 4.74 Å². The molecule has 6 heteroatoms. The van der Waals surface area contributed by atoms with Crippen molar-refractivity contribution < 1.29 is 14.3 Å². The third-order valence-electron chi connectivity index (χ3n) is 8.81. The van der Waals surface area contributed by atoms with Crippen LogP contribution in [-0.2, 0) is 4.74 Å². The summed E-state index contributed by atoms with van der Waals surface area (Å²) in [7, 11) is 0. The molecule has 1 saturated carbocycles. The molecule has 3 heterocycles. The number of piperidine rings is 2. The monoisotopic (exact) mass is 481 g/mol. The smallest absolute Gasteiger partial charge is 0.261 e. The standard InChI is InChI=1S/C29H43N3O3/c33-27-25-13-5-6-14-26(25)28(34)32(27)19-9-10-20-35-29(24-11-3-1-4-12-24)21-23(15-16-30-29)22-31-17-7-2-8-18-31/h5-6,13-14,23-24,30H,1-4,7-12,15-22H2. The molecule has 0 spiro atoms. The maximum absolute atomic E-state index is 12.6. The molecule has 0 radical (unpaired) electrons. The Hall–Kier alpha value is -1.76. The number of benzene rings is 1. The molecule has 0 aromatic heterocycles. The van der Waals surface area contributed by atoms with Gasteiger partial charge in [-0.3, -0.25) is 19.8 Å². The van der Waals surface area contributed by atoms with E-state index in [2.05, 4.69) is 10.2 Å². The zero-order valence-electron chi connectivity index (χ0n) is 21.3. The average Bonchev–Trinajstić information content (AvgIpc) is 3.15. The van der Waals surface area contributed by atoms with Crippen LogP contribution in [0.3, 0.4) is 0 Å². The van der Waals surface area contributed by atoms with Crippen molar-refractivity contribution >= 4 is 11.8 Å². The SMILES string of the molecule is O=C1c2ccccc2C(=O)N1CCCCOC1(C2CCCCC2)CC(CN2CCCCC2)CCN1. The van der Waals surface area contributed by atoms with Gasteiger partial charge in [-0.1, -0.05) is 37.8 Å². The first-order chi connectivity index (χ1) is 17.2. The predicted octanol–water partition coefficient (Wildman–Crippen LogP) is 4.84. The lowest BCUT2D eigenvalue weighted by molar-refractivity contribution is -0.148. The third kappa shape index (κ3) is 5.65. The molecule has 1 aromatic carbocycles. The van der Waals surface area contributed by atoms with Crippen molar-refractivity contribution in [2.24, 2.45) is 11.8 Å². The van der Waals surface area contributed by atoms with Crippen molar-refractivity contribution in [3.63, 3.8) is 0 Å². The van der Waals surface area contributed by atoms with Gasteiger partial charge in [-0.25, -0.2) is 0 Å². The Balaban J connectivity index is 1.15. The summed E-state index contributed by atoms with van der Waals surface area (Å²) < 4.78 is 6.79. The summed E-state index contributed by atoms with van der Waals surface area (Å²) in [6.07, 6.45) is 14.6. The molecule has 5 rings (SSSR count). The fourth-order valence-corrected chi connectivity index (χ4v) is 6.93. The van der Waals surface area contributed by atoms with Crippen LogP contribution < -0.4 is 5.32 Å². The van der Waals surface area contributed by atoms with Crippen LogP contribution in [-0.4, -0.2) is 66.7 Å². The van der Waals surface area contributed by atoms with Gasteiger partial charge in [0, 0.05) is 25.6 Å². The average molecular weight is 482 g/mol. The molecule has 2 amide bonds. The highest BCUT2D eigenvalue weighted by Gasteiger charge is 2.44. The van der Waals surface area contributed by atoms with E-state index >= 15 is 0 Å². The summed E-state index contributed by atoms with van der Waals surface area (Å²) in [5, 5.41) is 3.87. The van der Waals surface area contributed by atoms with Gasteiger partial charge in [0.15, 0.2) is 0 Å². The van der Waals surface area contributed by atoms with Gasteiger partial charge in [0.25, 0.3) is 11.8 Å². The van der Waals surface area contributed by atoms with Gasteiger partial charge >= 0.3 is 0 Å². The molecule has 1 aromatic rings. The minimum Gasteiger partial charge on any atom is -0.360 e. The second-order valence-electron chi connectivity index (χ2n) is 11.2. The van der Waals surface area contributed by atoms with E-state index < -0.39 is 0 Å². The van der Waals surface area contributed by atoms with Crippen LogP contribution in [0, 0.1) is 11.8 Å². The minimum absolute atomic E-state index is 0.153. The lowest BCUT2D eigenvalue weighted by atomic mass is 9.75. The molecular weight excluding hydrogens is 438 g/mol. The quantitative estimate of drug-likeness (QED) is 0.404. The molecule has 3 aliphatic heterocycles. The summed E-state index contributed by atoms with van der Waals surface area (Å²) in [5.74, 6) is 0.991. The molecule has 6 nitrogen and oxygen atoms in total. The fraction of sp³-hybridized carbons (Fsp3) is 0.724. The Bertz CT molecular complexity index is 843. The van der Waals surface area contributed by atoms with Gasteiger partial charge in [-0.2, -0.15) is 0 Å². The van der Waals surface area contributed by atoms with E-state index in [0.29, 0.717) is 36.1 Å². The number of hydrogen-bond acceptors (Lipinski definition) is 5. The van der Waals surface area contributed by atoms with Crippen molar-refractivity contribution in [3.05, 3.63) is 35.4 Å². The first kappa shape index (κ1) is 24.9. The number of nitrogens with one attached hydrogen (secondary N) is 1. The molecule has 2 saturated heterocycles. The van der Waals surface area contributed by atoms with Crippen molar-refractivity contribution in [3.8, 4) is 0 Å². The Labute approximate surface area is 210 Å². The number of likely N-dealkylation sites (tertiary alicyclic amines) is 1. The first-order valence-electron chi connectivity index (χ1n) is 14.2. The van der Waals surface area contributed by atoms with Gasteiger partial charge in [0.2, 0.25) is 0 Å². The first-order valence-corrected chi connectivity index (χ1v) is 14.2. The molecule has 35 heavy (non-hydrogen) atoms. The Morgan fingerprint density at radius 2 is 1.57 bits per heavy atom. The van der Waals surface area contributed by atoms with Crippen LogP contribution in [0.2, 0.25) is 0 Å². The van der Waals surface area contributed by atoms with E-state index in [1.54, 1.807) is 12.1 Å². The van der Waals surface area contributed by atoms with Crippen molar-refractivity contribution in [1.82, 2.24) is 15.1 Å². The minimum atomic E-state index is -0.200. The number of carbonyl (C=O) groups is 2. The van der Waals surface area contributed by atoms with Crippen LogP contribution >= 0.6 is 0 Å². The van der Waals surface area contributed by atoms with E-state index in [1.807, 2.05) is 12.1 Å². The number of fused-ring (bicyclic) bond motifs is 1. The van der Waals surface area contributed by atoms with Crippen molar-refractivity contribution in [2.45, 2.75) is 82.8 Å². The number of carbonyl (C=O) groups excluding carboxylic acids is 2. The van der Waals surface area contributed by atoms with Crippen molar-refractivity contribution in [1.29, 1.82) is 0 Å². The Morgan fingerprint density at radius 3 is 2.29 bits per heavy atom. The van der Waals surface area contributed by atoms with Crippen LogP contribution in [0.15, 0.2) is 24.3 Å². The number of unbranched alkanes of at least 4 members (excludes halogenated alkanes) is 1. The van der Waals surface area contributed by atoms with Crippen molar-refractivity contribution in [2.75, 3.05) is 39.3 Å². The number of imide groups is 1. The normalized spacial score (nSPS) is 28.5.